The Morgan fingerprint density at radius 1 is 1.20 bits per heavy atom. The molecule has 0 aliphatic rings. The van der Waals surface area contributed by atoms with E-state index in [2.05, 4.69) is 36.7 Å². The zero-order chi connectivity index (χ0) is 14.4. The summed E-state index contributed by atoms with van der Waals surface area (Å²) < 4.78 is 5.35. The van der Waals surface area contributed by atoms with E-state index >= 15 is 0 Å². The van der Waals surface area contributed by atoms with E-state index in [9.17, 15) is 0 Å². The molecular formula is C18H23NO. The standard InChI is InChI=1S/C18H23NO/c1-4-5-6-7-8-9-10-15-13-16-14(2)18(20-3)12-11-17(16)19-15/h11-13,19H,4-8H2,1-3H3. The molecule has 0 amide bonds. The molecule has 0 saturated heterocycles. The highest BCUT2D eigenvalue weighted by Crippen LogP contribution is 2.27. The van der Waals surface area contributed by atoms with Crippen molar-refractivity contribution in [2.24, 2.45) is 0 Å². The average molecular weight is 269 g/mol. The number of methoxy groups -OCH3 is 1. The lowest BCUT2D eigenvalue weighted by molar-refractivity contribution is 0.412. The molecule has 106 valence electrons. The van der Waals surface area contributed by atoms with Gasteiger partial charge in [-0.15, -0.1) is 0 Å². The van der Waals surface area contributed by atoms with Gasteiger partial charge in [-0.3, -0.25) is 0 Å². The summed E-state index contributed by atoms with van der Waals surface area (Å²) in [5.41, 5.74) is 3.28. The van der Waals surface area contributed by atoms with Crippen LogP contribution in [0.25, 0.3) is 10.9 Å². The number of ether oxygens (including phenoxy) is 1. The van der Waals surface area contributed by atoms with Gasteiger partial charge in [-0.2, -0.15) is 0 Å². The Morgan fingerprint density at radius 2 is 2.05 bits per heavy atom. The van der Waals surface area contributed by atoms with Crippen LogP contribution in [0, 0.1) is 18.8 Å². The molecule has 1 aromatic heterocycles. The van der Waals surface area contributed by atoms with Gasteiger partial charge >= 0.3 is 0 Å². The molecule has 2 aromatic rings. The topological polar surface area (TPSA) is 25.0 Å². The monoisotopic (exact) mass is 269 g/mol. The largest absolute Gasteiger partial charge is 0.496 e. The minimum absolute atomic E-state index is 0.926. The summed E-state index contributed by atoms with van der Waals surface area (Å²) in [6.07, 6.45) is 6.06. The molecule has 0 atom stereocenters. The van der Waals surface area contributed by atoms with Gasteiger partial charge < -0.3 is 9.72 Å². The SMILES string of the molecule is CCCCCCC#Cc1cc2c(C)c(OC)ccc2[nH]1. The first-order valence-corrected chi connectivity index (χ1v) is 7.41. The molecule has 1 aromatic carbocycles. The van der Waals surface area contributed by atoms with E-state index in [1.807, 2.05) is 12.1 Å². The van der Waals surface area contributed by atoms with E-state index in [0.29, 0.717) is 0 Å². The average Bonchev–Trinajstić information content (AvgIpc) is 2.87. The van der Waals surface area contributed by atoms with E-state index < -0.39 is 0 Å². The molecule has 0 spiro atoms. The third-order valence-corrected chi connectivity index (χ3v) is 3.62. The van der Waals surface area contributed by atoms with Crippen molar-refractivity contribution in [1.29, 1.82) is 0 Å². The Labute approximate surface area is 121 Å². The number of aryl methyl sites for hydroxylation is 1. The van der Waals surface area contributed by atoms with Gasteiger partial charge in [0, 0.05) is 22.9 Å². The molecule has 0 saturated carbocycles. The summed E-state index contributed by atoms with van der Waals surface area (Å²) >= 11 is 0. The molecule has 0 unspecified atom stereocenters. The highest BCUT2D eigenvalue weighted by molar-refractivity contribution is 5.86. The number of nitrogens with one attached hydrogen (secondary N) is 1. The summed E-state index contributed by atoms with van der Waals surface area (Å²) in [5, 5.41) is 1.19. The van der Waals surface area contributed by atoms with Crippen molar-refractivity contribution in [1.82, 2.24) is 4.98 Å². The summed E-state index contributed by atoms with van der Waals surface area (Å²) in [5.74, 6) is 7.41. The number of aromatic amines is 1. The predicted octanol–water partition coefficient (Wildman–Crippen LogP) is 4.81. The van der Waals surface area contributed by atoms with Crippen LogP contribution in [-0.2, 0) is 0 Å². The van der Waals surface area contributed by atoms with Crippen molar-refractivity contribution in [2.45, 2.75) is 46.0 Å². The summed E-state index contributed by atoms with van der Waals surface area (Å²) in [4.78, 5) is 3.36. The molecule has 0 aliphatic carbocycles. The normalized spacial score (nSPS) is 10.3. The van der Waals surface area contributed by atoms with Crippen molar-refractivity contribution in [3.8, 4) is 17.6 Å². The van der Waals surface area contributed by atoms with Gasteiger partial charge in [-0.1, -0.05) is 32.1 Å². The molecule has 0 aliphatic heterocycles. The quantitative estimate of drug-likeness (QED) is 0.611. The van der Waals surface area contributed by atoms with Crippen molar-refractivity contribution < 1.29 is 4.74 Å². The van der Waals surface area contributed by atoms with Gasteiger partial charge in [0.1, 0.15) is 5.75 Å². The second kappa shape index (κ2) is 7.05. The maximum atomic E-state index is 5.35. The number of aromatic nitrogens is 1. The Morgan fingerprint density at radius 3 is 2.80 bits per heavy atom. The smallest absolute Gasteiger partial charge is 0.122 e. The predicted molar refractivity (Wildman–Crippen MR) is 85.2 cm³/mol. The summed E-state index contributed by atoms with van der Waals surface area (Å²) in [6, 6.07) is 6.16. The molecule has 0 fully saturated rings. The third-order valence-electron chi connectivity index (χ3n) is 3.62. The van der Waals surface area contributed by atoms with Crippen molar-refractivity contribution in [3.63, 3.8) is 0 Å². The highest BCUT2D eigenvalue weighted by Gasteiger charge is 2.06. The van der Waals surface area contributed by atoms with Gasteiger partial charge in [0.15, 0.2) is 0 Å². The van der Waals surface area contributed by atoms with E-state index in [4.69, 9.17) is 4.74 Å². The highest BCUT2D eigenvalue weighted by atomic mass is 16.5. The van der Waals surface area contributed by atoms with Crippen LogP contribution in [0.3, 0.4) is 0 Å². The molecule has 20 heavy (non-hydrogen) atoms. The molecule has 2 nitrogen and oxygen atoms in total. The molecule has 1 heterocycles. The van der Waals surface area contributed by atoms with Gasteiger partial charge in [0.2, 0.25) is 0 Å². The van der Waals surface area contributed by atoms with Gasteiger partial charge in [-0.05, 0) is 37.5 Å². The summed E-state index contributed by atoms with van der Waals surface area (Å²) in [7, 11) is 1.71. The molecule has 2 rings (SSSR count). The number of fused-ring (bicyclic) bond motifs is 1. The van der Waals surface area contributed by atoms with E-state index in [1.54, 1.807) is 7.11 Å². The first-order valence-electron chi connectivity index (χ1n) is 7.41. The number of H-pyrrole nitrogens is 1. The summed E-state index contributed by atoms with van der Waals surface area (Å²) in [6.45, 7) is 4.31. The first kappa shape index (κ1) is 14.5. The van der Waals surface area contributed by atoms with Crippen LogP contribution in [0.4, 0.5) is 0 Å². The second-order valence-corrected chi connectivity index (χ2v) is 5.15. The van der Waals surface area contributed by atoms with Crippen LogP contribution in [0.1, 0.15) is 50.3 Å². The number of rotatable bonds is 5. The Balaban J connectivity index is 2.09. The number of hydrogen-bond donors (Lipinski definition) is 1. The maximum Gasteiger partial charge on any atom is 0.122 e. The van der Waals surface area contributed by atoms with Crippen LogP contribution in [-0.4, -0.2) is 12.1 Å². The number of hydrogen-bond acceptors (Lipinski definition) is 1. The van der Waals surface area contributed by atoms with Crippen molar-refractivity contribution in [2.75, 3.05) is 7.11 Å². The maximum absolute atomic E-state index is 5.35. The van der Waals surface area contributed by atoms with Crippen LogP contribution in [0.5, 0.6) is 5.75 Å². The van der Waals surface area contributed by atoms with Gasteiger partial charge in [0.25, 0.3) is 0 Å². The number of unbranched alkanes of at least 4 members (excludes halogenated alkanes) is 4. The van der Waals surface area contributed by atoms with E-state index in [0.717, 1.165) is 28.9 Å². The van der Waals surface area contributed by atoms with Crippen molar-refractivity contribution >= 4 is 10.9 Å². The minimum atomic E-state index is 0.926. The Kier molecular flexibility index (Phi) is 5.12. The Hall–Kier alpha value is -1.88. The number of benzene rings is 1. The fraction of sp³-hybridized carbons (Fsp3) is 0.444. The zero-order valence-electron chi connectivity index (χ0n) is 12.7. The van der Waals surface area contributed by atoms with Crippen LogP contribution in [0.2, 0.25) is 0 Å². The van der Waals surface area contributed by atoms with Crippen LogP contribution >= 0.6 is 0 Å². The third kappa shape index (κ3) is 3.36. The van der Waals surface area contributed by atoms with E-state index in [-0.39, 0.29) is 0 Å². The molecular weight excluding hydrogens is 246 g/mol. The van der Waals surface area contributed by atoms with Crippen molar-refractivity contribution in [3.05, 3.63) is 29.5 Å². The van der Waals surface area contributed by atoms with Gasteiger partial charge in [0.05, 0.1) is 12.8 Å². The van der Waals surface area contributed by atoms with Gasteiger partial charge in [-0.25, -0.2) is 0 Å². The minimum Gasteiger partial charge on any atom is -0.496 e. The van der Waals surface area contributed by atoms with E-state index in [1.165, 1.54) is 31.1 Å². The van der Waals surface area contributed by atoms with Crippen LogP contribution in [0.15, 0.2) is 18.2 Å². The lowest BCUT2D eigenvalue weighted by Gasteiger charge is -2.04. The zero-order valence-corrected chi connectivity index (χ0v) is 12.7. The fourth-order valence-electron chi connectivity index (χ4n) is 2.42. The lowest BCUT2D eigenvalue weighted by atomic mass is 10.1. The molecule has 2 heteroatoms. The molecule has 0 radical (unpaired) electrons. The fourth-order valence-corrected chi connectivity index (χ4v) is 2.42. The molecule has 1 N–H and O–H groups in total. The molecule has 0 bridgehead atoms. The second-order valence-electron chi connectivity index (χ2n) is 5.15. The van der Waals surface area contributed by atoms with Crippen LogP contribution < -0.4 is 4.74 Å². The first-order chi connectivity index (χ1) is 9.76. The lowest BCUT2D eigenvalue weighted by Crippen LogP contribution is -1.86. The Bertz CT molecular complexity index is 628.